The number of halogens is 1. The summed E-state index contributed by atoms with van der Waals surface area (Å²) in [4.78, 5) is 27.3. The fraction of sp³-hybridized carbons (Fsp3) is 0. The molecule has 7 nitrogen and oxygen atoms in total. The SMILES string of the molecule is O=C(ON=Cc1ccc(Oc2ccc(F)cc2)c([N+](=O)[O-])c1)c1ccccc1. The van der Waals surface area contributed by atoms with Crippen LogP contribution in [-0.2, 0) is 4.84 Å². The van der Waals surface area contributed by atoms with Crippen LogP contribution < -0.4 is 4.74 Å². The van der Waals surface area contributed by atoms with Gasteiger partial charge in [0.05, 0.1) is 16.7 Å². The van der Waals surface area contributed by atoms with Crippen LogP contribution >= 0.6 is 0 Å². The fourth-order valence-corrected chi connectivity index (χ4v) is 2.24. The molecule has 0 aliphatic heterocycles. The van der Waals surface area contributed by atoms with Gasteiger partial charge >= 0.3 is 11.7 Å². The molecule has 0 fully saturated rings. The highest BCUT2D eigenvalue weighted by Gasteiger charge is 2.16. The maximum absolute atomic E-state index is 13.0. The Morgan fingerprint density at radius 1 is 1.04 bits per heavy atom. The van der Waals surface area contributed by atoms with Gasteiger partial charge in [-0.25, -0.2) is 9.18 Å². The molecular weight excluding hydrogens is 367 g/mol. The van der Waals surface area contributed by atoms with E-state index in [9.17, 15) is 19.3 Å². The predicted octanol–water partition coefficient (Wildman–Crippen LogP) is 4.72. The number of carbonyl (C=O) groups excluding carboxylic acids is 1. The van der Waals surface area contributed by atoms with Crippen LogP contribution in [0.15, 0.2) is 78.0 Å². The molecule has 3 aromatic rings. The quantitative estimate of drug-likeness (QED) is 0.267. The van der Waals surface area contributed by atoms with Gasteiger partial charge < -0.3 is 9.57 Å². The van der Waals surface area contributed by atoms with Gasteiger partial charge in [-0.1, -0.05) is 23.4 Å². The van der Waals surface area contributed by atoms with Crippen molar-refractivity contribution in [3.63, 3.8) is 0 Å². The minimum absolute atomic E-state index is 0.0185. The third-order valence-corrected chi connectivity index (χ3v) is 3.57. The van der Waals surface area contributed by atoms with E-state index in [-0.39, 0.29) is 17.2 Å². The van der Waals surface area contributed by atoms with Gasteiger partial charge in [-0.2, -0.15) is 0 Å². The second-order valence-corrected chi connectivity index (χ2v) is 5.52. The number of hydrogen-bond donors (Lipinski definition) is 0. The van der Waals surface area contributed by atoms with E-state index in [4.69, 9.17) is 9.57 Å². The molecule has 28 heavy (non-hydrogen) atoms. The molecular formula is C20H13FN2O5. The molecule has 0 N–H and O–H groups in total. The molecule has 0 radical (unpaired) electrons. The highest BCUT2D eigenvalue weighted by molar-refractivity contribution is 5.90. The van der Waals surface area contributed by atoms with Crippen molar-refractivity contribution in [3.8, 4) is 11.5 Å². The van der Waals surface area contributed by atoms with Gasteiger partial charge in [0.1, 0.15) is 11.6 Å². The zero-order valence-electron chi connectivity index (χ0n) is 14.3. The van der Waals surface area contributed by atoms with Gasteiger partial charge in [0, 0.05) is 11.6 Å². The lowest BCUT2D eigenvalue weighted by atomic mass is 10.2. The zero-order chi connectivity index (χ0) is 19.9. The Hall–Kier alpha value is -4.07. The lowest BCUT2D eigenvalue weighted by Crippen LogP contribution is -2.00. The monoisotopic (exact) mass is 380 g/mol. The smallest absolute Gasteiger partial charge is 0.365 e. The largest absolute Gasteiger partial charge is 0.450 e. The van der Waals surface area contributed by atoms with Crippen LogP contribution in [0.1, 0.15) is 15.9 Å². The lowest BCUT2D eigenvalue weighted by Gasteiger charge is -2.06. The summed E-state index contributed by atoms with van der Waals surface area (Å²) in [5.74, 6) is -0.862. The van der Waals surface area contributed by atoms with Gasteiger partial charge in [0.15, 0.2) is 0 Å². The third-order valence-electron chi connectivity index (χ3n) is 3.57. The second kappa shape index (κ2) is 8.54. The van der Waals surface area contributed by atoms with E-state index in [1.54, 1.807) is 30.3 Å². The predicted molar refractivity (Wildman–Crippen MR) is 99.0 cm³/mol. The van der Waals surface area contributed by atoms with Gasteiger partial charge in [0.2, 0.25) is 5.75 Å². The van der Waals surface area contributed by atoms with Crippen molar-refractivity contribution in [1.29, 1.82) is 0 Å². The third kappa shape index (κ3) is 4.76. The molecule has 0 bridgehead atoms. The van der Waals surface area contributed by atoms with Crippen molar-refractivity contribution in [1.82, 2.24) is 0 Å². The normalized spacial score (nSPS) is 10.6. The Kier molecular flexibility index (Phi) is 5.71. The summed E-state index contributed by atoms with van der Waals surface area (Å²) in [6.07, 6.45) is 1.18. The molecule has 8 heteroatoms. The van der Waals surface area contributed by atoms with Crippen molar-refractivity contribution in [2.24, 2.45) is 5.16 Å². The molecule has 140 valence electrons. The number of benzene rings is 3. The second-order valence-electron chi connectivity index (χ2n) is 5.52. The number of carbonyl (C=O) groups is 1. The summed E-state index contributed by atoms with van der Waals surface area (Å²) < 4.78 is 18.4. The minimum Gasteiger partial charge on any atom is -0.450 e. The van der Waals surface area contributed by atoms with E-state index >= 15 is 0 Å². The molecule has 0 saturated carbocycles. The van der Waals surface area contributed by atoms with Crippen LogP contribution in [0.4, 0.5) is 10.1 Å². The molecule has 0 amide bonds. The molecule has 0 atom stereocenters. The van der Waals surface area contributed by atoms with Crippen molar-refractivity contribution in [2.45, 2.75) is 0 Å². The molecule has 0 spiro atoms. The Balaban J connectivity index is 1.74. The molecule has 0 aromatic heterocycles. The van der Waals surface area contributed by atoms with Crippen LogP contribution in [0.2, 0.25) is 0 Å². The van der Waals surface area contributed by atoms with E-state index in [1.807, 2.05) is 0 Å². The number of ether oxygens (including phenoxy) is 1. The molecule has 0 aliphatic carbocycles. The highest BCUT2D eigenvalue weighted by atomic mass is 19.1. The maximum Gasteiger partial charge on any atom is 0.365 e. The summed E-state index contributed by atoms with van der Waals surface area (Å²) in [5, 5.41) is 14.9. The zero-order valence-corrected chi connectivity index (χ0v) is 14.3. The molecule has 3 aromatic carbocycles. The Bertz CT molecular complexity index is 1020. The van der Waals surface area contributed by atoms with Gasteiger partial charge in [-0.05, 0) is 48.5 Å². The summed E-state index contributed by atoms with van der Waals surface area (Å²) in [6.45, 7) is 0. The van der Waals surface area contributed by atoms with Crippen molar-refractivity contribution in [3.05, 3.63) is 99.9 Å². The summed E-state index contributed by atoms with van der Waals surface area (Å²) in [6, 6.07) is 17.5. The first-order chi connectivity index (χ1) is 13.5. The number of rotatable bonds is 6. The van der Waals surface area contributed by atoms with Crippen molar-refractivity contribution >= 4 is 17.9 Å². The van der Waals surface area contributed by atoms with E-state index < -0.39 is 16.7 Å². The average Bonchev–Trinajstić information content (AvgIpc) is 2.71. The maximum atomic E-state index is 13.0. The van der Waals surface area contributed by atoms with E-state index in [0.29, 0.717) is 11.1 Å². The number of nitro groups is 1. The molecule has 0 saturated heterocycles. The number of oxime groups is 1. The number of hydrogen-bond acceptors (Lipinski definition) is 6. The summed E-state index contributed by atoms with van der Waals surface area (Å²) >= 11 is 0. The Morgan fingerprint density at radius 3 is 2.43 bits per heavy atom. The first kappa shape index (κ1) is 18.7. The van der Waals surface area contributed by atoms with Crippen LogP contribution in [0.3, 0.4) is 0 Å². The summed E-state index contributed by atoms with van der Waals surface area (Å²) in [5.41, 5.74) is 0.343. The topological polar surface area (TPSA) is 91.0 Å². The van der Waals surface area contributed by atoms with Crippen molar-refractivity contribution < 1.29 is 23.7 Å². The molecule has 0 aliphatic rings. The number of nitro benzene ring substituents is 1. The molecule has 0 unspecified atom stereocenters. The van der Waals surface area contributed by atoms with Crippen LogP contribution in [0.25, 0.3) is 0 Å². The fourth-order valence-electron chi connectivity index (χ4n) is 2.24. The van der Waals surface area contributed by atoms with Crippen molar-refractivity contribution in [2.75, 3.05) is 0 Å². The average molecular weight is 380 g/mol. The van der Waals surface area contributed by atoms with Gasteiger partial charge in [0.25, 0.3) is 0 Å². The minimum atomic E-state index is -0.650. The highest BCUT2D eigenvalue weighted by Crippen LogP contribution is 2.31. The van der Waals surface area contributed by atoms with Gasteiger partial charge in [-0.15, -0.1) is 0 Å². The van der Waals surface area contributed by atoms with Crippen LogP contribution in [0, 0.1) is 15.9 Å². The van der Waals surface area contributed by atoms with Crippen LogP contribution in [-0.4, -0.2) is 17.1 Å². The van der Waals surface area contributed by atoms with Crippen LogP contribution in [0.5, 0.6) is 11.5 Å². The van der Waals surface area contributed by atoms with E-state index in [2.05, 4.69) is 5.16 Å². The Labute approximate surface area is 158 Å². The molecule has 0 heterocycles. The number of nitrogens with zero attached hydrogens (tertiary/aromatic N) is 2. The Morgan fingerprint density at radius 2 is 1.75 bits per heavy atom. The standard InChI is InChI=1S/C20H13FN2O5/c21-16-7-9-17(10-8-16)27-19-11-6-14(12-18(19)23(25)26)13-22-28-20(24)15-4-2-1-3-5-15/h1-13H. The van der Waals surface area contributed by atoms with E-state index in [1.165, 1.54) is 48.7 Å². The first-order valence-corrected chi connectivity index (χ1v) is 8.04. The first-order valence-electron chi connectivity index (χ1n) is 8.04. The lowest BCUT2D eigenvalue weighted by molar-refractivity contribution is -0.385. The molecule has 3 rings (SSSR count). The van der Waals surface area contributed by atoms with E-state index in [0.717, 1.165) is 0 Å². The summed E-state index contributed by atoms with van der Waals surface area (Å²) in [7, 11) is 0. The van der Waals surface area contributed by atoms with Gasteiger partial charge in [-0.3, -0.25) is 10.1 Å².